The molecule has 0 radical (unpaired) electrons. The Bertz CT molecular complexity index is 644. The fourth-order valence-electron chi connectivity index (χ4n) is 2.93. The van der Waals surface area contributed by atoms with Crippen LogP contribution < -0.4 is 0 Å². The van der Waals surface area contributed by atoms with Gasteiger partial charge in [-0.1, -0.05) is 6.07 Å². The SMILES string of the molecule is CN(Cc1ccsc1)C(=O)C1CCN(C(=O)c2cccs2)CC1. The first kappa shape index (κ1) is 16.2. The van der Waals surface area contributed by atoms with E-state index in [0.717, 1.165) is 17.7 Å². The van der Waals surface area contributed by atoms with Crippen molar-refractivity contribution >= 4 is 34.5 Å². The summed E-state index contributed by atoms with van der Waals surface area (Å²) in [7, 11) is 1.86. The summed E-state index contributed by atoms with van der Waals surface area (Å²) in [5.74, 6) is 0.322. The van der Waals surface area contributed by atoms with Gasteiger partial charge in [0.05, 0.1) is 4.88 Å². The summed E-state index contributed by atoms with van der Waals surface area (Å²) in [6.07, 6.45) is 1.51. The second-order valence-electron chi connectivity index (χ2n) is 5.87. The van der Waals surface area contributed by atoms with Crippen LogP contribution in [-0.4, -0.2) is 41.8 Å². The van der Waals surface area contributed by atoms with E-state index in [0.29, 0.717) is 19.6 Å². The fraction of sp³-hybridized carbons (Fsp3) is 0.412. The molecule has 6 heteroatoms. The lowest BCUT2D eigenvalue weighted by atomic mass is 9.95. The van der Waals surface area contributed by atoms with E-state index in [4.69, 9.17) is 0 Å². The molecule has 3 heterocycles. The molecule has 2 amide bonds. The number of hydrogen-bond acceptors (Lipinski definition) is 4. The van der Waals surface area contributed by atoms with E-state index in [1.165, 1.54) is 16.9 Å². The van der Waals surface area contributed by atoms with Crippen LogP contribution in [0.15, 0.2) is 34.3 Å². The molecule has 0 aliphatic carbocycles. The summed E-state index contributed by atoms with van der Waals surface area (Å²) in [6.45, 7) is 2.00. The van der Waals surface area contributed by atoms with Crippen molar-refractivity contribution in [2.75, 3.05) is 20.1 Å². The zero-order valence-electron chi connectivity index (χ0n) is 13.1. The molecule has 0 unspecified atom stereocenters. The van der Waals surface area contributed by atoms with E-state index in [2.05, 4.69) is 11.4 Å². The maximum absolute atomic E-state index is 12.6. The molecule has 0 spiro atoms. The van der Waals surface area contributed by atoms with Crippen molar-refractivity contribution in [3.8, 4) is 0 Å². The normalized spacial score (nSPS) is 15.6. The Kier molecular flexibility index (Phi) is 5.13. The van der Waals surface area contributed by atoms with Crippen LogP contribution in [0.5, 0.6) is 0 Å². The second-order valence-corrected chi connectivity index (χ2v) is 7.60. The minimum absolute atomic E-state index is 0.0334. The third kappa shape index (κ3) is 3.82. The molecular formula is C17H20N2O2S2. The maximum Gasteiger partial charge on any atom is 0.263 e. The van der Waals surface area contributed by atoms with Gasteiger partial charge in [-0.05, 0) is 46.7 Å². The summed E-state index contributed by atoms with van der Waals surface area (Å²) in [6, 6.07) is 5.81. The highest BCUT2D eigenvalue weighted by molar-refractivity contribution is 7.12. The van der Waals surface area contributed by atoms with Gasteiger partial charge in [-0.3, -0.25) is 9.59 Å². The minimum Gasteiger partial charge on any atom is -0.341 e. The lowest BCUT2D eigenvalue weighted by Gasteiger charge is -2.33. The summed E-state index contributed by atoms with van der Waals surface area (Å²) in [5.41, 5.74) is 1.18. The molecule has 0 atom stereocenters. The van der Waals surface area contributed by atoms with E-state index in [9.17, 15) is 9.59 Å². The second kappa shape index (κ2) is 7.27. The number of hydrogen-bond donors (Lipinski definition) is 0. The van der Waals surface area contributed by atoms with Crippen molar-refractivity contribution in [2.24, 2.45) is 5.92 Å². The summed E-state index contributed by atoms with van der Waals surface area (Å²) in [4.78, 5) is 29.3. The molecule has 3 rings (SSSR count). The third-order valence-corrected chi connectivity index (χ3v) is 5.83. The van der Waals surface area contributed by atoms with Crippen molar-refractivity contribution in [1.82, 2.24) is 9.80 Å². The van der Waals surface area contributed by atoms with Crippen molar-refractivity contribution in [2.45, 2.75) is 19.4 Å². The average Bonchev–Trinajstić information content (AvgIpc) is 3.27. The largest absolute Gasteiger partial charge is 0.341 e. The van der Waals surface area contributed by atoms with Gasteiger partial charge in [0.2, 0.25) is 5.91 Å². The van der Waals surface area contributed by atoms with Gasteiger partial charge in [0.25, 0.3) is 5.91 Å². The molecule has 1 fully saturated rings. The molecule has 23 heavy (non-hydrogen) atoms. The lowest BCUT2D eigenvalue weighted by molar-refractivity contribution is -0.136. The molecule has 0 bridgehead atoms. The number of nitrogens with zero attached hydrogens (tertiary/aromatic N) is 2. The molecule has 0 N–H and O–H groups in total. The average molecular weight is 348 g/mol. The number of carbonyl (C=O) groups is 2. The smallest absolute Gasteiger partial charge is 0.263 e. The standard InChI is InChI=1S/C17H20N2O2S2/c1-18(11-13-6-10-22-12-13)16(20)14-4-7-19(8-5-14)17(21)15-3-2-9-23-15/h2-3,6,9-10,12,14H,4-5,7-8,11H2,1H3. The monoisotopic (exact) mass is 348 g/mol. The first-order chi connectivity index (χ1) is 11.1. The highest BCUT2D eigenvalue weighted by atomic mass is 32.1. The molecule has 4 nitrogen and oxygen atoms in total. The van der Waals surface area contributed by atoms with Crippen molar-refractivity contribution in [3.63, 3.8) is 0 Å². The summed E-state index contributed by atoms with van der Waals surface area (Å²) in [5, 5.41) is 6.03. The Hall–Kier alpha value is -1.66. The van der Waals surface area contributed by atoms with Gasteiger partial charge in [0, 0.05) is 32.6 Å². The topological polar surface area (TPSA) is 40.6 Å². The number of rotatable bonds is 4. The van der Waals surface area contributed by atoms with Gasteiger partial charge in [-0.2, -0.15) is 11.3 Å². The molecule has 1 aliphatic heterocycles. The molecule has 2 aromatic rings. The van der Waals surface area contributed by atoms with Crippen LogP contribution in [0.3, 0.4) is 0 Å². The Morgan fingerprint density at radius 3 is 2.65 bits per heavy atom. The molecule has 1 saturated heterocycles. The number of carbonyl (C=O) groups excluding carboxylic acids is 2. The first-order valence-electron chi connectivity index (χ1n) is 7.74. The molecule has 122 valence electrons. The van der Waals surface area contributed by atoms with E-state index in [-0.39, 0.29) is 17.7 Å². The molecule has 1 aliphatic rings. The summed E-state index contributed by atoms with van der Waals surface area (Å²) < 4.78 is 0. The van der Waals surface area contributed by atoms with Crippen LogP contribution in [0.25, 0.3) is 0 Å². The molecule has 0 aromatic carbocycles. The Labute approximate surface area is 144 Å². The minimum atomic E-state index is 0.0334. The van der Waals surface area contributed by atoms with E-state index >= 15 is 0 Å². The lowest BCUT2D eigenvalue weighted by Crippen LogP contribution is -2.43. The van der Waals surface area contributed by atoms with Crippen LogP contribution in [0.4, 0.5) is 0 Å². The van der Waals surface area contributed by atoms with Gasteiger partial charge in [-0.15, -0.1) is 11.3 Å². The molecular weight excluding hydrogens is 328 g/mol. The Morgan fingerprint density at radius 1 is 1.26 bits per heavy atom. The predicted octanol–water partition coefficient (Wildman–Crippen LogP) is 3.32. The van der Waals surface area contributed by atoms with Gasteiger partial charge < -0.3 is 9.80 Å². The van der Waals surface area contributed by atoms with Crippen LogP contribution in [-0.2, 0) is 11.3 Å². The predicted molar refractivity (Wildman–Crippen MR) is 93.7 cm³/mol. The molecule has 0 saturated carbocycles. The van der Waals surface area contributed by atoms with Crippen LogP contribution in [0.2, 0.25) is 0 Å². The zero-order chi connectivity index (χ0) is 16.2. The van der Waals surface area contributed by atoms with Crippen LogP contribution in [0.1, 0.15) is 28.1 Å². The first-order valence-corrected chi connectivity index (χ1v) is 9.56. The summed E-state index contributed by atoms with van der Waals surface area (Å²) >= 11 is 3.12. The molecule has 2 aromatic heterocycles. The van der Waals surface area contributed by atoms with Crippen molar-refractivity contribution in [1.29, 1.82) is 0 Å². The third-order valence-electron chi connectivity index (χ3n) is 4.24. The van der Waals surface area contributed by atoms with Crippen molar-refractivity contribution < 1.29 is 9.59 Å². The van der Waals surface area contributed by atoms with E-state index in [1.807, 2.05) is 39.7 Å². The maximum atomic E-state index is 12.6. The number of piperidine rings is 1. The highest BCUT2D eigenvalue weighted by Gasteiger charge is 2.29. The van der Waals surface area contributed by atoms with Crippen LogP contribution >= 0.6 is 22.7 Å². The zero-order valence-corrected chi connectivity index (χ0v) is 14.7. The highest BCUT2D eigenvalue weighted by Crippen LogP contribution is 2.23. The van der Waals surface area contributed by atoms with Gasteiger partial charge in [0.1, 0.15) is 0 Å². The quantitative estimate of drug-likeness (QED) is 0.850. The van der Waals surface area contributed by atoms with Gasteiger partial charge >= 0.3 is 0 Å². The Morgan fingerprint density at radius 2 is 2.04 bits per heavy atom. The fourth-order valence-corrected chi connectivity index (χ4v) is 4.28. The van der Waals surface area contributed by atoms with Gasteiger partial charge in [-0.25, -0.2) is 0 Å². The Balaban J connectivity index is 1.52. The number of likely N-dealkylation sites (tertiary alicyclic amines) is 1. The van der Waals surface area contributed by atoms with Crippen LogP contribution in [0, 0.1) is 5.92 Å². The van der Waals surface area contributed by atoms with E-state index < -0.39 is 0 Å². The number of amides is 2. The number of thiophene rings is 2. The van der Waals surface area contributed by atoms with Crippen molar-refractivity contribution in [3.05, 3.63) is 44.8 Å². The van der Waals surface area contributed by atoms with Gasteiger partial charge in [0.15, 0.2) is 0 Å². The van der Waals surface area contributed by atoms with E-state index in [1.54, 1.807) is 11.3 Å².